The molecular weight excluding hydrogens is 206 g/mol. The summed E-state index contributed by atoms with van der Waals surface area (Å²) in [6.07, 6.45) is 1.16. The van der Waals surface area contributed by atoms with E-state index in [1.807, 2.05) is 27.7 Å². The molecule has 0 bridgehead atoms. The average molecular weight is 229 g/mol. The summed E-state index contributed by atoms with van der Waals surface area (Å²) in [4.78, 5) is 14.0. The number of morpholine rings is 1. The Morgan fingerprint density at radius 1 is 1.38 bits per heavy atom. The molecule has 1 rings (SSSR count). The molecule has 16 heavy (non-hydrogen) atoms. The fourth-order valence-corrected chi connectivity index (χ4v) is 2.28. The Morgan fingerprint density at radius 2 is 1.94 bits per heavy atom. The molecule has 1 aliphatic heterocycles. The average Bonchev–Trinajstić information content (AvgIpc) is 2.17. The van der Waals surface area contributed by atoms with Gasteiger partial charge in [0.1, 0.15) is 6.04 Å². The standard InChI is InChI=1S/C12H23NO3/c1-5-11(12(14)15-6-2)13-7-9(3)16-10(4)8-13/h9-11H,5-8H2,1-4H3/t9-,10+,11?. The summed E-state index contributed by atoms with van der Waals surface area (Å²) in [5.41, 5.74) is 0. The molecule has 3 atom stereocenters. The summed E-state index contributed by atoms with van der Waals surface area (Å²) in [5.74, 6) is -0.105. The minimum absolute atomic E-state index is 0.105. The van der Waals surface area contributed by atoms with Crippen LogP contribution in [0.3, 0.4) is 0 Å². The van der Waals surface area contributed by atoms with Crippen LogP contribution in [0.2, 0.25) is 0 Å². The second-order valence-corrected chi connectivity index (χ2v) is 4.39. The number of nitrogens with zero attached hydrogens (tertiary/aromatic N) is 1. The minimum atomic E-state index is -0.117. The Morgan fingerprint density at radius 3 is 2.38 bits per heavy atom. The molecule has 94 valence electrons. The van der Waals surface area contributed by atoms with Crippen LogP contribution >= 0.6 is 0 Å². The molecule has 0 N–H and O–H groups in total. The van der Waals surface area contributed by atoms with Crippen molar-refractivity contribution in [1.29, 1.82) is 0 Å². The Hall–Kier alpha value is -0.610. The third kappa shape index (κ3) is 3.46. The number of hydrogen-bond donors (Lipinski definition) is 0. The molecule has 0 aliphatic carbocycles. The molecular formula is C12H23NO3. The van der Waals surface area contributed by atoms with E-state index in [0.717, 1.165) is 19.5 Å². The number of esters is 1. The van der Waals surface area contributed by atoms with Crippen LogP contribution < -0.4 is 0 Å². The lowest BCUT2D eigenvalue weighted by molar-refractivity contribution is -0.155. The van der Waals surface area contributed by atoms with E-state index in [0.29, 0.717) is 6.61 Å². The summed E-state index contributed by atoms with van der Waals surface area (Å²) in [7, 11) is 0. The SMILES string of the molecule is CCOC(=O)C(CC)N1C[C@@H](C)O[C@@H](C)C1. The van der Waals surface area contributed by atoms with Crippen molar-refractivity contribution in [2.45, 2.75) is 52.4 Å². The van der Waals surface area contributed by atoms with Gasteiger partial charge in [-0.15, -0.1) is 0 Å². The maximum Gasteiger partial charge on any atom is 0.323 e. The van der Waals surface area contributed by atoms with Crippen molar-refractivity contribution in [2.24, 2.45) is 0 Å². The van der Waals surface area contributed by atoms with E-state index in [-0.39, 0.29) is 24.2 Å². The van der Waals surface area contributed by atoms with Crippen molar-refractivity contribution >= 4 is 5.97 Å². The van der Waals surface area contributed by atoms with Gasteiger partial charge in [-0.25, -0.2) is 0 Å². The molecule has 1 fully saturated rings. The lowest BCUT2D eigenvalue weighted by Gasteiger charge is -2.38. The van der Waals surface area contributed by atoms with E-state index in [1.54, 1.807) is 0 Å². The summed E-state index contributed by atoms with van der Waals surface area (Å²) in [6, 6.07) is -0.117. The first-order valence-electron chi connectivity index (χ1n) is 6.14. The van der Waals surface area contributed by atoms with Gasteiger partial charge in [0.2, 0.25) is 0 Å². The number of hydrogen-bond acceptors (Lipinski definition) is 4. The second-order valence-electron chi connectivity index (χ2n) is 4.39. The van der Waals surface area contributed by atoms with E-state index < -0.39 is 0 Å². The van der Waals surface area contributed by atoms with Crippen molar-refractivity contribution in [3.63, 3.8) is 0 Å². The van der Waals surface area contributed by atoms with Crippen LogP contribution in [0.25, 0.3) is 0 Å². The summed E-state index contributed by atoms with van der Waals surface area (Å²) in [5, 5.41) is 0. The van der Waals surface area contributed by atoms with E-state index in [2.05, 4.69) is 4.90 Å². The first kappa shape index (κ1) is 13.5. The zero-order valence-electron chi connectivity index (χ0n) is 10.7. The normalized spacial score (nSPS) is 28.8. The van der Waals surface area contributed by atoms with Gasteiger partial charge in [0.15, 0.2) is 0 Å². The van der Waals surface area contributed by atoms with Crippen LogP contribution in [-0.4, -0.2) is 48.8 Å². The molecule has 4 nitrogen and oxygen atoms in total. The first-order valence-corrected chi connectivity index (χ1v) is 6.14. The molecule has 1 aliphatic rings. The minimum Gasteiger partial charge on any atom is -0.465 e. The predicted molar refractivity (Wildman–Crippen MR) is 62.3 cm³/mol. The van der Waals surface area contributed by atoms with Gasteiger partial charge >= 0.3 is 5.97 Å². The van der Waals surface area contributed by atoms with Crippen LogP contribution in [0.4, 0.5) is 0 Å². The largest absolute Gasteiger partial charge is 0.465 e. The van der Waals surface area contributed by atoms with Gasteiger partial charge in [0.05, 0.1) is 18.8 Å². The molecule has 0 saturated carbocycles. The maximum atomic E-state index is 11.8. The molecule has 1 unspecified atom stereocenters. The van der Waals surface area contributed by atoms with Crippen LogP contribution in [0.1, 0.15) is 34.1 Å². The molecule has 0 radical (unpaired) electrons. The van der Waals surface area contributed by atoms with E-state index in [4.69, 9.17) is 9.47 Å². The van der Waals surface area contributed by atoms with Gasteiger partial charge in [0, 0.05) is 13.1 Å². The number of carbonyl (C=O) groups excluding carboxylic acids is 1. The van der Waals surface area contributed by atoms with Crippen LogP contribution in [-0.2, 0) is 14.3 Å². The highest BCUT2D eigenvalue weighted by Crippen LogP contribution is 2.16. The Balaban J connectivity index is 2.60. The lowest BCUT2D eigenvalue weighted by atomic mass is 10.1. The van der Waals surface area contributed by atoms with Crippen molar-refractivity contribution < 1.29 is 14.3 Å². The Kier molecular flexibility index (Phi) is 5.22. The molecule has 1 saturated heterocycles. The molecule has 0 aromatic heterocycles. The van der Waals surface area contributed by atoms with Crippen molar-refractivity contribution in [3.8, 4) is 0 Å². The summed E-state index contributed by atoms with van der Waals surface area (Å²) in [6.45, 7) is 10.0. The van der Waals surface area contributed by atoms with Crippen LogP contribution in [0, 0.1) is 0 Å². The second kappa shape index (κ2) is 6.21. The third-order valence-electron chi connectivity index (χ3n) is 2.83. The topological polar surface area (TPSA) is 38.8 Å². The van der Waals surface area contributed by atoms with Crippen LogP contribution in [0.15, 0.2) is 0 Å². The fourth-order valence-electron chi connectivity index (χ4n) is 2.28. The smallest absolute Gasteiger partial charge is 0.323 e. The number of rotatable bonds is 4. The number of carbonyl (C=O) groups is 1. The molecule has 1 heterocycles. The molecule has 0 amide bonds. The van der Waals surface area contributed by atoms with Gasteiger partial charge < -0.3 is 9.47 Å². The molecule has 0 spiro atoms. The fraction of sp³-hybridized carbons (Fsp3) is 0.917. The highest BCUT2D eigenvalue weighted by Gasteiger charge is 2.31. The summed E-state index contributed by atoms with van der Waals surface area (Å²) >= 11 is 0. The first-order chi connectivity index (χ1) is 7.58. The monoisotopic (exact) mass is 229 g/mol. The predicted octanol–water partition coefficient (Wildman–Crippen LogP) is 1.44. The lowest BCUT2D eigenvalue weighted by Crippen LogP contribution is -2.52. The van der Waals surface area contributed by atoms with E-state index >= 15 is 0 Å². The van der Waals surface area contributed by atoms with Gasteiger partial charge in [-0.2, -0.15) is 0 Å². The highest BCUT2D eigenvalue weighted by molar-refractivity contribution is 5.75. The molecule has 4 heteroatoms. The maximum absolute atomic E-state index is 11.8. The summed E-state index contributed by atoms with van der Waals surface area (Å²) < 4.78 is 10.8. The molecule has 0 aromatic carbocycles. The van der Waals surface area contributed by atoms with Crippen molar-refractivity contribution in [1.82, 2.24) is 4.90 Å². The van der Waals surface area contributed by atoms with Crippen LogP contribution in [0.5, 0.6) is 0 Å². The van der Waals surface area contributed by atoms with Gasteiger partial charge in [-0.05, 0) is 27.2 Å². The molecule has 0 aromatic rings. The van der Waals surface area contributed by atoms with E-state index in [9.17, 15) is 4.79 Å². The van der Waals surface area contributed by atoms with Gasteiger partial charge in [-0.3, -0.25) is 9.69 Å². The third-order valence-corrected chi connectivity index (χ3v) is 2.83. The Bertz CT molecular complexity index is 222. The zero-order valence-corrected chi connectivity index (χ0v) is 10.7. The highest BCUT2D eigenvalue weighted by atomic mass is 16.5. The van der Waals surface area contributed by atoms with Crippen molar-refractivity contribution in [3.05, 3.63) is 0 Å². The van der Waals surface area contributed by atoms with Crippen molar-refractivity contribution in [2.75, 3.05) is 19.7 Å². The zero-order chi connectivity index (χ0) is 12.1. The Labute approximate surface area is 97.9 Å². The van der Waals surface area contributed by atoms with Gasteiger partial charge in [0.25, 0.3) is 0 Å². The van der Waals surface area contributed by atoms with E-state index in [1.165, 1.54) is 0 Å². The van der Waals surface area contributed by atoms with Gasteiger partial charge in [-0.1, -0.05) is 6.92 Å². The number of ether oxygens (including phenoxy) is 2. The quantitative estimate of drug-likeness (QED) is 0.684.